The molecule has 1 saturated heterocycles. The number of rotatable bonds is 6. The summed E-state index contributed by atoms with van der Waals surface area (Å²) in [6.45, 7) is 1.92. The van der Waals surface area contributed by atoms with E-state index in [0.29, 0.717) is 18.1 Å². The van der Waals surface area contributed by atoms with E-state index >= 15 is 0 Å². The van der Waals surface area contributed by atoms with Gasteiger partial charge in [-0.25, -0.2) is 9.59 Å². The van der Waals surface area contributed by atoms with Gasteiger partial charge in [-0.2, -0.15) is 0 Å². The molecule has 0 spiro atoms. The number of hydrogen-bond donors (Lipinski definition) is 2. The summed E-state index contributed by atoms with van der Waals surface area (Å²) in [7, 11) is 0. The SMILES string of the molecule is CC[C@@H](NC(=O)OCC1c2ccccc2-c2ccccc21)C(=O)N1CSC[C@H]1C(=O)O. The van der Waals surface area contributed by atoms with Crippen LogP contribution in [0.5, 0.6) is 0 Å². The first-order valence-electron chi connectivity index (χ1n) is 10.2. The van der Waals surface area contributed by atoms with Gasteiger partial charge in [-0.05, 0) is 28.7 Å². The van der Waals surface area contributed by atoms with Crippen molar-refractivity contribution >= 4 is 29.7 Å². The molecule has 162 valence electrons. The summed E-state index contributed by atoms with van der Waals surface area (Å²) in [5.74, 6) is -0.843. The van der Waals surface area contributed by atoms with Gasteiger partial charge in [0.15, 0.2) is 0 Å². The lowest BCUT2D eigenvalue weighted by Gasteiger charge is -2.26. The van der Waals surface area contributed by atoms with Gasteiger partial charge in [0.1, 0.15) is 18.7 Å². The summed E-state index contributed by atoms with van der Waals surface area (Å²) >= 11 is 1.39. The Kier molecular flexibility index (Phi) is 6.18. The normalized spacial score (nSPS) is 18.2. The summed E-state index contributed by atoms with van der Waals surface area (Å²) < 4.78 is 5.52. The number of benzene rings is 2. The van der Waals surface area contributed by atoms with E-state index in [1.165, 1.54) is 16.7 Å². The Labute approximate surface area is 184 Å². The van der Waals surface area contributed by atoms with E-state index in [4.69, 9.17) is 4.74 Å². The van der Waals surface area contributed by atoms with E-state index in [-0.39, 0.29) is 12.5 Å². The smallest absolute Gasteiger partial charge is 0.407 e. The minimum absolute atomic E-state index is 0.0692. The molecule has 0 bridgehead atoms. The molecule has 0 radical (unpaired) electrons. The molecule has 1 fully saturated rings. The number of ether oxygens (including phenoxy) is 1. The van der Waals surface area contributed by atoms with Gasteiger partial charge in [0.05, 0.1) is 5.88 Å². The average Bonchev–Trinajstić information content (AvgIpc) is 3.39. The van der Waals surface area contributed by atoms with E-state index in [0.717, 1.165) is 22.3 Å². The third kappa shape index (κ3) is 4.12. The number of carboxylic acids is 1. The molecule has 0 aromatic heterocycles. The topological polar surface area (TPSA) is 95.9 Å². The highest BCUT2D eigenvalue weighted by atomic mass is 32.2. The largest absolute Gasteiger partial charge is 0.480 e. The molecule has 0 saturated carbocycles. The van der Waals surface area contributed by atoms with Gasteiger partial charge in [-0.3, -0.25) is 4.79 Å². The molecule has 1 aliphatic carbocycles. The summed E-state index contributed by atoms with van der Waals surface area (Å²) in [4.78, 5) is 38.0. The number of thioether (sulfide) groups is 1. The highest BCUT2D eigenvalue weighted by Gasteiger charge is 2.38. The zero-order valence-corrected chi connectivity index (χ0v) is 17.9. The first-order chi connectivity index (χ1) is 15.0. The van der Waals surface area contributed by atoms with Gasteiger partial charge in [0, 0.05) is 11.7 Å². The van der Waals surface area contributed by atoms with E-state index in [2.05, 4.69) is 17.4 Å². The Morgan fingerprint density at radius 3 is 2.32 bits per heavy atom. The molecular formula is C23H24N2O5S. The number of alkyl carbamates (subject to hydrolysis) is 1. The Morgan fingerprint density at radius 2 is 1.74 bits per heavy atom. The lowest BCUT2D eigenvalue weighted by molar-refractivity contribution is -0.148. The average molecular weight is 441 g/mol. The predicted molar refractivity (Wildman–Crippen MR) is 118 cm³/mol. The van der Waals surface area contributed by atoms with Crippen LogP contribution in [0.25, 0.3) is 11.1 Å². The zero-order chi connectivity index (χ0) is 22.0. The maximum absolute atomic E-state index is 12.8. The van der Waals surface area contributed by atoms with Crippen LogP contribution in [0.3, 0.4) is 0 Å². The lowest BCUT2D eigenvalue weighted by atomic mass is 9.98. The predicted octanol–water partition coefficient (Wildman–Crippen LogP) is 3.29. The van der Waals surface area contributed by atoms with Crippen molar-refractivity contribution in [3.05, 3.63) is 59.7 Å². The van der Waals surface area contributed by atoms with E-state index in [9.17, 15) is 19.5 Å². The van der Waals surface area contributed by atoms with Gasteiger partial charge in [-0.1, -0.05) is 55.5 Å². The molecule has 2 atom stereocenters. The number of nitrogens with zero attached hydrogens (tertiary/aromatic N) is 1. The van der Waals surface area contributed by atoms with Crippen LogP contribution in [0.4, 0.5) is 4.79 Å². The highest BCUT2D eigenvalue weighted by molar-refractivity contribution is 7.99. The van der Waals surface area contributed by atoms with Crippen LogP contribution in [0.1, 0.15) is 30.4 Å². The number of carboxylic acid groups (broad SMARTS) is 1. The van der Waals surface area contributed by atoms with Crippen LogP contribution in [0.2, 0.25) is 0 Å². The van der Waals surface area contributed by atoms with Crippen LogP contribution < -0.4 is 5.32 Å². The molecule has 2 aromatic rings. The molecule has 2 aromatic carbocycles. The molecule has 8 heteroatoms. The molecule has 2 N–H and O–H groups in total. The van der Waals surface area contributed by atoms with E-state index in [1.54, 1.807) is 6.92 Å². The summed E-state index contributed by atoms with van der Waals surface area (Å²) in [5, 5.41) is 11.9. The van der Waals surface area contributed by atoms with Crippen molar-refractivity contribution in [3.8, 4) is 11.1 Å². The second kappa shape index (κ2) is 9.01. The van der Waals surface area contributed by atoms with E-state index in [1.807, 2.05) is 36.4 Å². The van der Waals surface area contributed by atoms with Crippen LogP contribution in [0, 0.1) is 0 Å². The van der Waals surface area contributed by atoms with Gasteiger partial charge in [0.2, 0.25) is 5.91 Å². The first kappa shape index (κ1) is 21.2. The first-order valence-corrected chi connectivity index (χ1v) is 11.4. The lowest BCUT2D eigenvalue weighted by Crippen LogP contribution is -2.52. The molecule has 2 amide bonds. The Morgan fingerprint density at radius 1 is 1.13 bits per heavy atom. The molecule has 1 heterocycles. The molecule has 31 heavy (non-hydrogen) atoms. The van der Waals surface area contributed by atoms with Gasteiger partial charge in [0.25, 0.3) is 0 Å². The molecule has 2 aliphatic rings. The second-order valence-electron chi connectivity index (χ2n) is 7.59. The number of hydrogen-bond acceptors (Lipinski definition) is 5. The number of amides is 2. The van der Waals surface area contributed by atoms with Crippen LogP contribution in [-0.4, -0.2) is 58.3 Å². The highest BCUT2D eigenvalue weighted by Crippen LogP contribution is 2.44. The molecule has 7 nitrogen and oxygen atoms in total. The summed E-state index contributed by atoms with van der Waals surface area (Å²) in [6, 6.07) is 14.4. The fraction of sp³-hybridized carbons (Fsp3) is 0.348. The van der Waals surface area contributed by atoms with Gasteiger partial charge >= 0.3 is 12.1 Å². The van der Waals surface area contributed by atoms with Gasteiger partial charge < -0.3 is 20.1 Å². The maximum atomic E-state index is 12.8. The molecule has 0 unspecified atom stereocenters. The second-order valence-corrected chi connectivity index (χ2v) is 8.59. The fourth-order valence-electron chi connectivity index (χ4n) is 4.19. The molecular weight excluding hydrogens is 416 g/mol. The van der Waals surface area contributed by atoms with Crippen molar-refractivity contribution in [1.29, 1.82) is 0 Å². The number of nitrogens with one attached hydrogen (secondary N) is 1. The number of aliphatic carboxylic acids is 1. The number of fused-ring (bicyclic) bond motifs is 3. The molecule has 1 aliphatic heterocycles. The van der Waals surface area contributed by atoms with Crippen molar-refractivity contribution in [2.75, 3.05) is 18.2 Å². The summed E-state index contributed by atoms with van der Waals surface area (Å²) in [6.07, 6.45) is -0.336. The Balaban J connectivity index is 1.41. The minimum Gasteiger partial charge on any atom is -0.480 e. The third-order valence-corrected chi connectivity index (χ3v) is 6.80. The third-order valence-electron chi connectivity index (χ3n) is 5.79. The minimum atomic E-state index is -1.03. The van der Waals surface area contributed by atoms with Crippen molar-refractivity contribution in [3.63, 3.8) is 0 Å². The van der Waals surface area contributed by atoms with Crippen LogP contribution >= 0.6 is 11.8 Å². The van der Waals surface area contributed by atoms with Crippen molar-refractivity contribution in [2.45, 2.75) is 31.3 Å². The number of carbonyl (C=O) groups excluding carboxylic acids is 2. The van der Waals surface area contributed by atoms with Crippen LogP contribution in [-0.2, 0) is 14.3 Å². The van der Waals surface area contributed by atoms with Crippen molar-refractivity contribution in [2.24, 2.45) is 0 Å². The van der Waals surface area contributed by atoms with E-state index < -0.39 is 30.1 Å². The van der Waals surface area contributed by atoms with Crippen molar-refractivity contribution in [1.82, 2.24) is 10.2 Å². The quantitative estimate of drug-likeness (QED) is 0.716. The Bertz CT molecular complexity index is 965. The number of carbonyl (C=O) groups is 3. The maximum Gasteiger partial charge on any atom is 0.407 e. The zero-order valence-electron chi connectivity index (χ0n) is 17.1. The van der Waals surface area contributed by atoms with Crippen molar-refractivity contribution < 1.29 is 24.2 Å². The summed E-state index contributed by atoms with van der Waals surface area (Å²) in [5.41, 5.74) is 4.50. The van der Waals surface area contributed by atoms with Gasteiger partial charge in [-0.15, -0.1) is 11.8 Å². The molecule has 4 rings (SSSR count). The van der Waals surface area contributed by atoms with Crippen LogP contribution in [0.15, 0.2) is 48.5 Å². The Hall–Kier alpha value is -3.00. The standard InChI is InChI=1S/C23H24N2O5S/c1-2-19(21(26)25-13-31-12-20(25)22(27)28)24-23(29)30-11-18-16-9-5-3-7-14(16)15-8-4-6-10-17(15)18/h3-10,18-20H,2,11-13H2,1H3,(H,24,29)(H,27,28)/t19-,20+/m1/s1. The fourth-order valence-corrected chi connectivity index (χ4v) is 5.34. The monoisotopic (exact) mass is 440 g/mol.